The zero-order valence-electron chi connectivity index (χ0n) is 13.9. The summed E-state index contributed by atoms with van der Waals surface area (Å²) in [5, 5.41) is 8.95. The van der Waals surface area contributed by atoms with E-state index < -0.39 is 11.9 Å². The second-order valence-corrected chi connectivity index (χ2v) is 6.24. The monoisotopic (exact) mass is 319 g/mol. The van der Waals surface area contributed by atoms with Crippen LogP contribution in [0.1, 0.15) is 36.8 Å². The van der Waals surface area contributed by atoms with E-state index in [0.29, 0.717) is 32.5 Å². The van der Waals surface area contributed by atoms with E-state index >= 15 is 0 Å². The van der Waals surface area contributed by atoms with Gasteiger partial charge in [0.1, 0.15) is 5.75 Å². The fourth-order valence-electron chi connectivity index (χ4n) is 2.77. The van der Waals surface area contributed by atoms with Crippen LogP contribution in [0, 0.1) is 19.8 Å². The van der Waals surface area contributed by atoms with Crippen LogP contribution in [0.4, 0.5) is 0 Å². The number of aliphatic carboxylic acids is 1. The number of aryl methyl sites for hydroxylation is 2. The summed E-state index contributed by atoms with van der Waals surface area (Å²) in [6, 6.07) is 6.12. The Kier molecular flexibility index (Phi) is 6.02. The number of benzene rings is 1. The molecule has 5 nitrogen and oxygen atoms in total. The number of carbonyl (C=O) groups is 2. The molecule has 2 rings (SSSR count). The maximum Gasteiger partial charge on any atom is 0.308 e. The minimum absolute atomic E-state index is 0.0560. The number of nitrogens with zero attached hydrogens (tertiary/aromatic N) is 1. The SMILES string of the molecule is Cc1ccc(C)c(OCCCCC(=O)N2CC[C@H](C(=O)O)C2)c1. The summed E-state index contributed by atoms with van der Waals surface area (Å²) in [6.07, 6.45) is 2.60. The number of carboxylic acid groups (broad SMARTS) is 1. The molecule has 0 radical (unpaired) electrons. The second kappa shape index (κ2) is 7.99. The molecule has 1 aliphatic rings. The Balaban J connectivity index is 1.65. The molecule has 1 saturated heterocycles. The number of carboxylic acids is 1. The molecule has 0 spiro atoms. The van der Waals surface area contributed by atoms with Gasteiger partial charge in [0.25, 0.3) is 0 Å². The standard InChI is InChI=1S/C18H25NO4/c1-13-6-7-14(2)16(11-13)23-10-4-3-5-17(20)19-9-8-15(12-19)18(21)22/h6-7,11,15H,3-5,8-10,12H2,1-2H3,(H,21,22)/t15-/m0/s1. The summed E-state index contributed by atoms with van der Waals surface area (Å²) >= 11 is 0. The largest absolute Gasteiger partial charge is 0.493 e. The smallest absolute Gasteiger partial charge is 0.308 e. The minimum Gasteiger partial charge on any atom is -0.493 e. The summed E-state index contributed by atoms with van der Waals surface area (Å²) in [6.45, 7) is 5.56. The number of likely N-dealkylation sites (tertiary alicyclic amines) is 1. The fraction of sp³-hybridized carbons (Fsp3) is 0.556. The van der Waals surface area contributed by atoms with Crippen molar-refractivity contribution >= 4 is 11.9 Å². The van der Waals surface area contributed by atoms with E-state index in [4.69, 9.17) is 9.84 Å². The highest BCUT2D eigenvalue weighted by molar-refractivity contribution is 5.78. The van der Waals surface area contributed by atoms with E-state index in [1.165, 1.54) is 5.56 Å². The van der Waals surface area contributed by atoms with E-state index in [2.05, 4.69) is 6.07 Å². The van der Waals surface area contributed by atoms with Crippen molar-refractivity contribution in [1.82, 2.24) is 4.90 Å². The third-order valence-corrected chi connectivity index (χ3v) is 4.28. The molecule has 23 heavy (non-hydrogen) atoms. The lowest BCUT2D eigenvalue weighted by Gasteiger charge is -2.15. The van der Waals surface area contributed by atoms with E-state index in [1.807, 2.05) is 26.0 Å². The molecule has 1 aromatic rings. The van der Waals surface area contributed by atoms with Crippen molar-refractivity contribution in [2.75, 3.05) is 19.7 Å². The van der Waals surface area contributed by atoms with Crippen LogP contribution in [0.2, 0.25) is 0 Å². The molecule has 1 aliphatic heterocycles. The first kappa shape index (κ1) is 17.3. The molecule has 0 saturated carbocycles. The number of hydrogen-bond donors (Lipinski definition) is 1. The summed E-state index contributed by atoms with van der Waals surface area (Å²) < 4.78 is 5.77. The number of unbranched alkanes of at least 4 members (excludes halogenated alkanes) is 1. The van der Waals surface area contributed by atoms with E-state index in [-0.39, 0.29) is 5.91 Å². The predicted molar refractivity (Wildman–Crippen MR) is 87.6 cm³/mol. The van der Waals surface area contributed by atoms with Gasteiger partial charge in [-0.1, -0.05) is 12.1 Å². The van der Waals surface area contributed by atoms with Gasteiger partial charge in [-0.3, -0.25) is 9.59 Å². The van der Waals surface area contributed by atoms with Crippen LogP contribution in [-0.4, -0.2) is 41.6 Å². The number of rotatable bonds is 7. The van der Waals surface area contributed by atoms with Crippen molar-refractivity contribution in [3.63, 3.8) is 0 Å². The van der Waals surface area contributed by atoms with Crippen LogP contribution >= 0.6 is 0 Å². The zero-order chi connectivity index (χ0) is 16.8. The Labute approximate surface area is 137 Å². The lowest BCUT2D eigenvalue weighted by Crippen LogP contribution is -2.29. The van der Waals surface area contributed by atoms with Crippen LogP contribution in [0.25, 0.3) is 0 Å². The first-order valence-corrected chi connectivity index (χ1v) is 8.18. The van der Waals surface area contributed by atoms with Crippen LogP contribution in [0.5, 0.6) is 5.75 Å². The van der Waals surface area contributed by atoms with Crippen LogP contribution in [0.3, 0.4) is 0 Å². The van der Waals surface area contributed by atoms with E-state index in [9.17, 15) is 9.59 Å². The van der Waals surface area contributed by atoms with Gasteiger partial charge in [-0.15, -0.1) is 0 Å². The molecule has 0 aliphatic carbocycles. The average molecular weight is 319 g/mol. The fourth-order valence-corrected chi connectivity index (χ4v) is 2.77. The second-order valence-electron chi connectivity index (χ2n) is 6.24. The van der Waals surface area contributed by atoms with Gasteiger partial charge in [0, 0.05) is 19.5 Å². The lowest BCUT2D eigenvalue weighted by atomic mass is 10.1. The molecule has 126 valence electrons. The highest BCUT2D eigenvalue weighted by Gasteiger charge is 2.30. The van der Waals surface area contributed by atoms with E-state index in [0.717, 1.165) is 24.2 Å². The molecule has 1 heterocycles. The first-order chi connectivity index (χ1) is 11.0. The van der Waals surface area contributed by atoms with Gasteiger partial charge >= 0.3 is 5.97 Å². The van der Waals surface area contributed by atoms with Crippen LogP contribution < -0.4 is 4.74 Å². The Morgan fingerprint density at radius 1 is 1.30 bits per heavy atom. The minimum atomic E-state index is -0.803. The van der Waals surface area contributed by atoms with Crippen molar-refractivity contribution in [1.29, 1.82) is 0 Å². The zero-order valence-corrected chi connectivity index (χ0v) is 13.9. The quantitative estimate of drug-likeness (QED) is 0.785. The number of ether oxygens (including phenoxy) is 1. The molecule has 1 fully saturated rings. The molecular formula is C18H25NO4. The van der Waals surface area contributed by atoms with Gasteiger partial charge in [0.15, 0.2) is 0 Å². The van der Waals surface area contributed by atoms with Crippen molar-refractivity contribution in [2.24, 2.45) is 5.92 Å². The lowest BCUT2D eigenvalue weighted by molar-refractivity contribution is -0.141. The Hall–Kier alpha value is -2.04. The van der Waals surface area contributed by atoms with Gasteiger partial charge in [-0.05, 0) is 50.3 Å². The molecule has 1 N–H and O–H groups in total. The number of hydrogen-bond acceptors (Lipinski definition) is 3. The molecule has 1 atom stereocenters. The summed E-state index contributed by atoms with van der Waals surface area (Å²) in [4.78, 5) is 24.6. The summed E-state index contributed by atoms with van der Waals surface area (Å²) in [7, 11) is 0. The van der Waals surface area contributed by atoms with Gasteiger partial charge < -0.3 is 14.7 Å². The van der Waals surface area contributed by atoms with Gasteiger partial charge in [-0.2, -0.15) is 0 Å². The average Bonchev–Trinajstić information content (AvgIpc) is 3.00. The maximum atomic E-state index is 12.0. The summed E-state index contributed by atoms with van der Waals surface area (Å²) in [5.74, 6) is -0.241. The normalized spacial score (nSPS) is 17.3. The first-order valence-electron chi connectivity index (χ1n) is 8.18. The predicted octanol–water partition coefficient (Wildman–Crippen LogP) is 2.79. The number of amides is 1. The Morgan fingerprint density at radius 3 is 2.78 bits per heavy atom. The molecule has 0 bridgehead atoms. The summed E-state index contributed by atoms with van der Waals surface area (Å²) in [5.41, 5.74) is 2.28. The molecule has 1 aromatic carbocycles. The van der Waals surface area contributed by atoms with Crippen molar-refractivity contribution in [2.45, 2.75) is 39.5 Å². The molecule has 5 heteroatoms. The van der Waals surface area contributed by atoms with Crippen molar-refractivity contribution < 1.29 is 19.4 Å². The highest BCUT2D eigenvalue weighted by Crippen LogP contribution is 2.20. The molecular weight excluding hydrogens is 294 g/mol. The Morgan fingerprint density at radius 2 is 2.09 bits per heavy atom. The molecule has 0 aromatic heterocycles. The Bertz CT molecular complexity index is 570. The number of carbonyl (C=O) groups excluding carboxylic acids is 1. The van der Waals surface area contributed by atoms with Crippen molar-refractivity contribution in [3.8, 4) is 5.75 Å². The van der Waals surface area contributed by atoms with Crippen LogP contribution in [-0.2, 0) is 9.59 Å². The van der Waals surface area contributed by atoms with E-state index in [1.54, 1.807) is 4.90 Å². The van der Waals surface area contributed by atoms with Crippen LogP contribution in [0.15, 0.2) is 18.2 Å². The molecule has 1 amide bonds. The maximum absolute atomic E-state index is 12.0. The third kappa shape index (κ3) is 4.98. The van der Waals surface area contributed by atoms with Gasteiger partial charge in [-0.25, -0.2) is 0 Å². The molecule has 0 unspecified atom stereocenters. The topological polar surface area (TPSA) is 66.8 Å². The highest BCUT2D eigenvalue weighted by atomic mass is 16.5. The van der Waals surface area contributed by atoms with Gasteiger partial charge in [0.05, 0.1) is 12.5 Å². The third-order valence-electron chi connectivity index (χ3n) is 4.28. The van der Waals surface area contributed by atoms with Gasteiger partial charge in [0.2, 0.25) is 5.91 Å². The van der Waals surface area contributed by atoms with Crippen molar-refractivity contribution in [3.05, 3.63) is 29.3 Å².